The molecule has 0 N–H and O–H groups in total. The number of para-hydroxylation sites is 1. The second-order valence-electron chi connectivity index (χ2n) is 8.99. The van der Waals surface area contributed by atoms with E-state index in [2.05, 4.69) is 5.10 Å². The van der Waals surface area contributed by atoms with Gasteiger partial charge in [-0.25, -0.2) is 13.4 Å². The number of aromatic nitrogens is 3. The van der Waals surface area contributed by atoms with Crippen LogP contribution in [0.3, 0.4) is 0 Å². The van der Waals surface area contributed by atoms with Crippen molar-refractivity contribution in [2.75, 3.05) is 52.0 Å². The molecule has 2 heterocycles. The van der Waals surface area contributed by atoms with Gasteiger partial charge in [0.25, 0.3) is 5.91 Å². The molecule has 4 rings (SSSR count). The largest absolute Gasteiger partial charge is 0.383 e. The van der Waals surface area contributed by atoms with Crippen molar-refractivity contribution in [3.8, 4) is 0 Å². The van der Waals surface area contributed by atoms with Gasteiger partial charge in [0.2, 0.25) is 10.0 Å². The fourth-order valence-corrected chi connectivity index (χ4v) is 6.57. The highest BCUT2D eigenvalue weighted by Crippen LogP contribution is 2.30. The normalized spacial score (nSPS) is 11.9. The summed E-state index contributed by atoms with van der Waals surface area (Å²) >= 11 is 1.44. The summed E-state index contributed by atoms with van der Waals surface area (Å²) in [5.41, 5.74) is 3.09. The van der Waals surface area contributed by atoms with Crippen LogP contribution in [0.15, 0.2) is 59.5 Å². The van der Waals surface area contributed by atoms with Crippen LogP contribution in [-0.2, 0) is 26.0 Å². The van der Waals surface area contributed by atoms with Crippen molar-refractivity contribution < 1.29 is 22.7 Å². The molecule has 0 bridgehead atoms. The maximum Gasteiger partial charge on any atom is 0.260 e. The molecule has 0 saturated carbocycles. The first-order chi connectivity index (χ1) is 18.7. The first-order valence-electron chi connectivity index (χ1n) is 12.5. The van der Waals surface area contributed by atoms with E-state index >= 15 is 0 Å². The Kier molecular flexibility index (Phi) is 9.46. The Balaban J connectivity index is 1.61. The number of benzene rings is 2. The van der Waals surface area contributed by atoms with Gasteiger partial charge >= 0.3 is 0 Å². The molecule has 12 heteroatoms. The van der Waals surface area contributed by atoms with Gasteiger partial charge in [0.05, 0.1) is 40.6 Å². The quantitative estimate of drug-likeness (QED) is 0.241. The minimum absolute atomic E-state index is 0.0976. The number of carbonyl (C=O) groups excluding carboxylic acids is 1. The van der Waals surface area contributed by atoms with Gasteiger partial charge in [0.15, 0.2) is 5.13 Å². The smallest absolute Gasteiger partial charge is 0.260 e. The predicted octanol–water partition coefficient (Wildman–Crippen LogP) is 3.74. The van der Waals surface area contributed by atoms with Crippen LogP contribution in [0.25, 0.3) is 10.2 Å². The highest BCUT2D eigenvalue weighted by Gasteiger charge is 2.26. The van der Waals surface area contributed by atoms with Crippen LogP contribution in [0, 0.1) is 13.8 Å². The number of rotatable bonds is 13. The molecular formula is C27H33N5O5S2. The van der Waals surface area contributed by atoms with Gasteiger partial charge in [-0.3, -0.25) is 14.4 Å². The van der Waals surface area contributed by atoms with E-state index in [1.54, 1.807) is 17.0 Å². The number of aryl methyl sites for hydroxylation is 2. The van der Waals surface area contributed by atoms with Crippen LogP contribution in [0.4, 0.5) is 5.13 Å². The lowest BCUT2D eigenvalue weighted by Crippen LogP contribution is -2.36. The highest BCUT2D eigenvalue weighted by molar-refractivity contribution is 7.89. The zero-order valence-corrected chi connectivity index (χ0v) is 24.2. The Morgan fingerprint density at radius 3 is 2.23 bits per heavy atom. The highest BCUT2D eigenvalue weighted by atomic mass is 32.2. The van der Waals surface area contributed by atoms with Crippen molar-refractivity contribution in [3.63, 3.8) is 0 Å². The van der Waals surface area contributed by atoms with E-state index in [4.69, 9.17) is 14.5 Å². The van der Waals surface area contributed by atoms with Gasteiger partial charge < -0.3 is 9.47 Å². The lowest BCUT2D eigenvalue weighted by molar-refractivity contribution is 0.0985. The molecule has 1 amide bonds. The topological polar surface area (TPSA) is 107 Å². The number of hydrogen-bond donors (Lipinski definition) is 0. The minimum atomic E-state index is -3.80. The van der Waals surface area contributed by atoms with E-state index in [-0.39, 0.29) is 37.1 Å². The lowest BCUT2D eigenvalue weighted by Gasteiger charge is -2.22. The molecular weight excluding hydrogens is 538 g/mol. The van der Waals surface area contributed by atoms with E-state index in [0.29, 0.717) is 23.8 Å². The van der Waals surface area contributed by atoms with Crippen LogP contribution < -0.4 is 4.90 Å². The Labute approximate surface area is 232 Å². The average Bonchev–Trinajstić information content (AvgIpc) is 3.50. The number of ether oxygens (including phenoxy) is 2. The SMILES string of the molecule is COCCN(CCOC)S(=O)(=O)c1ccc(C(=O)N(CCn2nc(C)cc2C)c2nc3ccccc3s2)cc1. The fourth-order valence-electron chi connectivity index (χ4n) is 4.17. The second kappa shape index (κ2) is 12.8. The summed E-state index contributed by atoms with van der Waals surface area (Å²) in [4.78, 5) is 20.2. The summed E-state index contributed by atoms with van der Waals surface area (Å²) in [5, 5.41) is 5.09. The minimum Gasteiger partial charge on any atom is -0.383 e. The molecule has 10 nitrogen and oxygen atoms in total. The number of anilines is 1. The van der Waals surface area contributed by atoms with Crippen molar-refractivity contribution in [2.24, 2.45) is 0 Å². The number of hydrogen-bond acceptors (Lipinski definition) is 8. The molecule has 0 saturated heterocycles. The van der Waals surface area contributed by atoms with Crippen molar-refractivity contribution in [3.05, 3.63) is 71.5 Å². The monoisotopic (exact) mass is 571 g/mol. The van der Waals surface area contributed by atoms with Gasteiger partial charge in [0.1, 0.15) is 0 Å². The number of sulfonamides is 1. The maximum absolute atomic E-state index is 13.8. The fraction of sp³-hybridized carbons (Fsp3) is 0.370. The number of fused-ring (bicyclic) bond motifs is 1. The average molecular weight is 572 g/mol. The zero-order chi connectivity index (χ0) is 28.0. The van der Waals surface area contributed by atoms with Gasteiger partial charge in [-0.15, -0.1) is 0 Å². The standard InChI is InChI=1S/C27H33N5O5S2/c1-20-19-21(2)32(29-20)14-13-31(27-28-24-7-5-6-8-25(24)38-27)26(33)22-9-11-23(12-10-22)39(34,35)30(15-17-36-3)16-18-37-4/h5-12,19H,13-18H2,1-4H3. The van der Waals surface area contributed by atoms with E-state index in [0.717, 1.165) is 21.6 Å². The number of methoxy groups -OCH3 is 2. The molecule has 0 fully saturated rings. The van der Waals surface area contributed by atoms with E-state index in [9.17, 15) is 13.2 Å². The summed E-state index contributed by atoms with van der Waals surface area (Å²) in [7, 11) is -0.757. The summed E-state index contributed by atoms with van der Waals surface area (Å²) < 4.78 is 40.9. The van der Waals surface area contributed by atoms with Gasteiger partial charge in [-0.05, 0) is 56.3 Å². The summed E-state index contributed by atoms with van der Waals surface area (Å²) in [5.74, 6) is -0.268. The second-order valence-corrected chi connectivity index (χ2v) is 11.9. The molecule has 2 aromatic carbocycles. The van der Waals surface area contributed by atoms with Crippen molar-refractivity contribution in [2.45, 2.75) is 25.3 Å². The zero-order valence-electron chi connectivity index (χ0n) is 22.5. The Morgan fingerprint density at radius 1 is 0.974 bits per heavy atom. The Morgan fingerprint density at radius 2 is 1.64 bits per heavy atom. The third-order valence-corrected chi connectivity index (χ3v) is 9.20. The maximum atomic E-state index is 13.8. The summed E-state index contributed by atoms with van der Waals surface area (Å²) in [6.45, 7) is 5.65. The third kappa shape index (κ3) is 6.71. The van der Waals surface area contributed by atoms with Crippen LogP contribution in [-0.4, -0.2) is 80.5 Å². The van der Waals surface area contributed by atoms with E-state index < -0.39 is 10.0 Å². The molecule has 2 aromatic heterocycles. The molecule has 0 aliphatic carbocycles. The van der Waals surface area contributed by atoms with Gasteiger partial charge in [0, 0.05) is 45.1 Å². The number of amides is 1. The van der Waals surface area contributed by atoms with Crippen LogP contribution in [0.2, 0.25) is 0 Å². The number of thiazole rings is 1. The van der Waals surface area contributed by atoms with E-state index in [1.807, 2.05) is 48.9 Å². The molecule has 208 valence electrons. The van der Waals surface area contributed by atoms with Crippen LogP contribution >= 0.6 is 11.3 Å². The lowest BCUT2D eigenvalue weighted by atomic mass is 10.2. The first kappa shape index (κ1) is 28.8. The summed E-state index contributed by atoms with van der Waals surface area (Å²) in [6, 6.07) is 15.7. The van der Waals surface area contributed by atoms with Gasteiger partial charge in [-0.1, -0.05) is 23.5 Å². The molecule has 39 heavy (non-hydrogen) atoms. The van der Waals surface area contributed by atoms with Crippen molar-refractivity contribution >= 4 is 42.6 Å². The van der Waals surface area contributed by atoms with Crippen molar-refractivity contribution in [1.82, 2.24) is 19.1 Å². The molecule has 0 atom stereocenters. The summed E-state index contributed by atoms with van der Waals surface area (Å²) in [6.07, 6.45) is 0. The van der Waals surface area contributed by atoms with Gasteiger partial charge in [-0.2, -0.15) is 9.40 Å². The molecule has 0 radical (unpaired) electrons. The molecule has 0 unspecified atom stereocenters. The Hall–Kier alpha value is -3.16. The van der Waals surface area contributed by atoms with E-state index in [1.165, 1.54) is 42.0 Å². The number of nitrogens with zero attached hydrogens (tertiary/aromatic N) is 5. The van der Waals surface area contributed by atoms with Crippen LogP contribution in [0.5, 0.6) is 0 Å². The van der Waals surface area contributed by atoms with Crippen LogP contribution in [0.1, 0.15) is 21.7 Å². The molecule has 0 spiro atoms. The molecule has 4 aromatic rings. The molecule has 0 aliphatic rings. The first-order valence-corrected chi connectivity index (χ1v) is 14.8. The van der Waals surface area contributed by atoms with Crippen molar-refractivity contribution in [1.29, 1.82) is 0 Å². The predicted molar refractivity (Wildman–Crippen MR) is 152 cm³/mol. The number of carbonyl (C=O) groups is 1. The Bertz CT molecular complexity index is 1470. The third-order valence-electron chi connectivity index (χ3n) is 6.23. The molecule has 0 aliphatic heterocycles.